The molecule has 1 unspecified atom stereocenters. The number of aliphatic hydroxyl groups is 1. The lowest BCUT2D eigenvalue weighted by Crippen LogP contribution is -2.11. The first-order chi connectivity index (χ1) is 7.91. The molecule has 5 nitrogen and oxygen atoms in total. The molecule has 17 heavy (non-hydrogen) atoms. The van der Waals surface area contributed by atoms with Crippen LogP contribution in [0.2, 0.25) is 0 Å². The summed E-state index contributed by atoms with van der Waals surface area (Å²) in [6, 6.07) is 4.69. The first-order valence-corrected chi connectivity index (χ1v) is 5.62. The Morgan fingerprint density at radius 1 is 1.29 bits per heavy atom. The van der Waals surface area contributed by atoms with Gasteiger partial charge in [0.25, 0.3) is 0 Å². The highest BCUT2D eigenvalue weighted by Crippen LogP contribution is 2.25. The molecular weight excluding hydrogens is 292 g/mol. The molecule has 0 fully saturated rings. The molecule has 6 heteroatoms. The Morgan fingerprint density at radius 3 is 2.41 bits per heavy atom. The number of aliphatic carboxylic acids is 2. The third-order valence-corrected chi connectivity index (χ3v) is 2.91. The SMILES string of the molecule is O=C(O)CCc1ccc(C(O)C(=O)O)c(Br)c1. The molecule has 1 rings (SSSR count). The summed E-state index contributed by atoms with van der Waals surface area (Å²) in [5.41, 5.74) is 1.01. The summed E-state index contributed by atoms with van der Waals surface area (Å²) in [6.45, 7) is 0. The zero-order valence-electron chi connectivity index (χ0n) is 8.76. The number of aryl methyl sites for hydroxylation is 1. The van der Waals surface area contributed by atoms with Crippen LogP contribution in [0.1, 0.15) is 23.7 Å². The number of hydrogen-bond donors (Lipinski definition) is 3. The first-order valence-electron chi connectivity index (χ1n) is 4.83. The van der Waals surface area contributed by atoms with Gasteiger partial charge in [0.1, 0.15) is 0 Å². The minimum atomic E-state index is -1.59. The maximum atomic E-state index is 10.6. The van der Waals surface area contributed by atoms with Crippen LogP contribution < -0.4 is 0 Å². The molecule has 1 atom stereocenters. The van der Waals surface area contributed by atoms with Crippen molar-refractivity contribution in [2.75, 3.05) is 0 Å². The van der Waals surface area contributed by atoms with Gasteiger partial charge in [-0.15, -0.1) is 0 Å². The van der Waals surface area contributed by atoms with E-state index in [1.54, 1.807) is 12.1 Å². The second-order valence-electron chi connectivity index (χ2n) is 3.49. The van der Waals surface area contributed by atoms with E-state index in [0.29, 0.717) is 10.9 Å². The van der Waals surface area contributed by atoms with E-state index in [9.17, 15) is 14.7 Å². The number of benzene rings is 1. The van der Waals surface area contributed by atoms with Crippen LogP contribution in [0.25, 0.3) is 0 Å². The largest absolute Gasteiger partial charge is 0.481 e. The molecule has 0 aliphatic rings. The molecule has 0 heterocycles. The van der Waals surface area contributed by atoms with Crippen molar-refractivity contribution in [1.82, 2.24) is 0 Å². The molecule has 0 saturated carbocycles. The summed E-state index contributed by atoms with van der Waals surface area (Å²) < 4.78 is 0.454. The van der Waals surface area contributed by atoms with E-state index >= 15 is 0 Å². The van der Waals surface area contributed by atoms with Gasteiger partial charge in [-0.25, -0.2) is 4.79 Å². The van der Waals surface area contributed by atoms with E-state index in [1.165, 1.54) is 6.07 Å². The van der Waals surface area contributed by atoms with Crippen LogP contribution in [0.4, 0.5) is 0 Å². The summed E-state index contributed by atoms with van der Waals surface area (Å²) in [6.07, 6.45) is -1.22. The molecule has 0 bridgehead atoms. The van der Waals surface area contributed by atoms with E-state index in [0.717, 1.165) is 5.56 Å². The van der Waals surface area contributed by atoms with Gasteiger partial charge in [0, 0.05) is 16.5 Å². The van der Waals surface area contributed by atoms with Crippen molar-refractivity contribution in [3.63, 3.8) is 0 Å². The first kappa shape index (κ1) is 13.7. The minimum Gasteiger partial charge on any atom is -0.481 e. The van der Waals surface area contributed by atoms with Crippen molar-refractivity contribution in [2.45, 2.75) is 18.9 Å². The van der Waals surface area contributed by atoms with E-state index in [1.807, 2.05) is 0 Å². The molecule has 0 aliphatic carbocycles. The van der Waals surface area contributed by atoms with Gasteiger partial charge in [0.2, 0.25) is 0 Å². The van der Waals surface area contributed by atoms with Gasteiger partial charge in [-0.1, -0.05) is 28.1 Å². The number of hydrogen-bond acceptors (Lipinski definition) is 3. The van der Waals surface area contributed by atoms with Crippen LogP contribution in [-0.4, -0.2) is 27.3 Å². The Hall–Kier alpha value is -1.40. The van der Waals surface area contributed by atoms with Gasteiger partial charge in [-0.3, -0.25) is 4.79 Å². The maximum Gasteiger partial charge on any atom is 0.337 e. The zero-order valence-corrected chi connectivity index (χ0v) is 10.3. The number of carboxylic acids is 2. The lowest BCUT2D eigenvalue weighted by molar-refractivity contribution is -0.147. The highest BCUT2D eigenvalue weighted by Gasteiger charge is 2.18. The number of aliphatic hydroxyl groups excluding tert-OH is 1. The van der Waals surface area contributed by atoms with Crippen LogP contribution >= 0.6 is 15.9 Å². The third kappa shape index (κ3) is 3.83. The summed E-state index contributed by atoms with van der Waals surface area (Å²) in [5.74, 6) is -2.22. The molecule has 0 saturated heterocycles. The monoisotopic (exact) mass is 302 g/mol. The zero-order chi connectivity index (χ0) is 13.0. The van der Waals surface area contributed by atoms with Crippen molar-refractivity contribution < 1.29 is 24.9 Å². The van der Waals surface area contributed by atoms with E-state index in [4.69, 9.17) is 10.2 Å². The van der Waals surface area contributed by atoms with Gasteiger partial charge in [-0.05, 0) is 18.1 Å². The molecule has 0 aliphatic heterocycles. The average molecular weight is 303 g/mol. The molecule has 92 valence electrons. The number of carbonyl (C=O) groups is 2. The Balaban J connectivity index is 2.86. The van der Waals surface area contributed by atoms with Gasteiger partial charge in [-0.2, -0.15) is 0 Å². The Kier molecular flexibility index (Phi) is 4.65. The minimum absolute atomic E-state index is 0.00721. The van der Waals surface area contributed by atoms with Crippen LogP contribution in [0.3, 0.4) is 0 Å². The third-order valence-electron chi connectivity index (χ3n) is 2.22. The highest BCUT2D eigenvalue weighted by atomic mass is 79.9. The fraction of sp³-hybridized carbons (Fsp3) is 0.273. The van der Waals surface area contributed by atoms with Gasteiger partial charge in [0.15, 0.2) is 6.10 Å². The maximum absolute atomic E-state index is 10.6. The summed E-state index contributed by atoms with van der Waals surface area (Å²) in [4.78, 5) is 21.0. The molecule has 0 spiro atoms. The van der Waals surface area contributed by atoms with Gasteiger partial charge >= 0.3 is 11.9 Å². The van der Waals surface area contributed by atoms with E-state index in [2.05, 4.69) is 15.9 Å². The fourth-order valence-electron chi connectivity index (χ4n) is 1.33. The molecule has 0 radical (unpaired) electrons. The predicted octanol–water partition coefficient (Wildman–Crippen LogP) is 1.58. The highest BCUT2D eigenvalue weighted by molar-refractivity contribution is 9.10. The summed E-state index contributed by atoms with van der Waals surface area (Å²) >= 11 is 3.15. The smallest absolute Gasteiger partial charge is 0.337 e. The molecule has 0 aromatic heterocycles. The second kappa shape index (κ2) is 5.79. The molecule has 1 aromatic carbocycles. The van der Waals surface area contributed by atoms with Crippen LogP contribution in [-0.2, 0) is 16.0 Å². The normalized spacial score (nSPS) is 12.1. The summed E-state index contributed by atoms with van der Waals surface area (Å²) in [7, 11) is 0. The Morgan fingerprint density at radius 2 is 1.94 bits per heavy atom. The predicted molar refractivity (Wildman–Crippen MR) is 62.7 cm³/mol. The quantitative estimate of drug-likeness (QED) is 0.767. The van der Waals surface area contributed by atoms with Crippen molar-refractivity contribution >= 4 is 27.9 Å². The lowest BCUT2D eigenvalue weighted by atomic mass is 10.0. The average Bonchev–Trinajstić information content (AvgIpc) is 2.25. The van der Waals surface area contributed by atoms with Gasteiger partial charge < -0.3 is 15.3 Å². The summed E-state index contributed by atoms with van der Waals surface area (Å²) in [5, 5.41) is 26.6. The number of carboxylic acid groups (broad SMARTS) is 2. The van der Waals surface area contributed by atoms with Crippen molar-refractivity contribution in [2.24, 2.45) is 0 Å². The van der Waals surface area contributed by atoms with E-state index < -0.39 is 18.0 Å². The Labute approximate surface area is 106 Å². The van der Waals surface area contributed by atoms with Crippen molar-refractivity contribution in [1.29, 1.82) is 0 Å². The fourth-order valence-corrected chi connectivity index (χ4v) is 1.98. The molecule has 0 amide bonds. The lowest BCUT2D eigenvalue weighted by Gasteiger charge is -2.09. The molecule has 3 N–H and O–H groups in total. The topological polar surface area (TPSA) is 94.8 Å². The molecular formula is C11H11BrO5. The van der Waals surface area contributed by atoms with E-state index in [-0.39, 0.29) is 12.0 Å². The molecule has 1 aromatic rings. The van der Waals surface area contributed by atoms with Crippen LogP contribution in [0, 0.1) is 0 Å². The van der Waals surface area contributed by atoms with Crippen molar-refractivity contribution in [3.8, 4) is 0 Å². The second-order valence-corrected chi connectivity index (χ2v) is 4.34. The van der Waals surface area contributed by atoms with Crippen LogP contribution in [0.15, 0.2) is 22.7 Å². The standard InChI is InChI=1S/C11H11BrO5/c12-8-5-6(2-4-9(13)14)1-3-7(8)10(15)11(16)17/h1,3,5,10,15H,2,4H2,(H,13,14)(H,16,17). The van der Waals surface area contributed by atoms with Gasteiger partial charge in [0.05, 0.1) is 0 Å². The number of halogens is 1. The Bertz CT molecular complexity index is 443. The van der Waals surface area contributed by atoms with Crippen LogP contribution in [0.5, 0.6) is 0 Å². The van der Waals surface area contributed by atoms with Crippen molar-refractivity contribution in [3.05, 3.63) is 33.8 Å². The number of rotatable bonds is 5.